The van der Waals surface area contributed by atoms with Crippen molar-refractivity contribution in [3.63, 3.8) is 0 Å². The van der Waals surface area contributed by atoms with Crippen LogP contribution in [-0.4, -0.2) is 14.3 Å². The molecular formula is C24H26N2O3S. The molecule has 3 aromatic carbocycles. The van der Waals surface area contributed by atoms with Crippen LogP contribution in [0.1, 0.15) is 45.6 Å². The summed E-state index contributed by atoms with van der Waals surface area (Å²) < 4.78 is 27.6. The van der Waals surface area contributed by atoms with E-state index in [1.807, 2.05) is 13.8 Å². The van der Waals surface area contributed by atoms with Gasteiger partial charge in [0.15, 0.2) is 0 Å². The molecule has 2 N–H and O–H groups in total. The predicted octanol–water partition coefficient (Wildman–Crippen LogP) is 4.90. The van der Waals surface area contributed by atoms with Crippen LogP contribution in [0.4, 0.5) is 5.69 Å². The standard InChI is InChI=1S/C24H26N2O3S/c1-16-13-18(3)23(14-17(16)2)19(4)25-24(27)20-9-8-10-21(15-20)26-30(28,29)22-11-6-5-7-12-22/h5-15,19,26H,1-4H3,(H,25,27)/t19-/m1/s1. The van der Waals surface area contributed by atoms with Gasteiger partial charge in [-0.15, -0.1) is 0 Å². The number of nitrogens with one attached hydrogen (secondary N) is 2. The molecule has 0 spiro atoms. The molecule has 0 bridgehead atoms. The molecule has 3 aromatic rings. The van der Waals surface area contributed by atoms with Crippen molar-refractivity contribution in [3.05, 3.63) is 94.5 Å². The largest absolute Gasteiger partial charge is 0.346 e. The lowest BCUT2D eigenvalue weighted by atomic mass is 9.96. The maximum absolute atomic E-state index is 12.8. The van der Waals surface area contributed by atoms with E-state index in [2.05, 4.69) is 36.0 Å². The van der Waals surface area contributed by atoms with Crippen LogP contribution in [0.25, 0.3) is 0 Å². The monoisotopic (exact) mass is 422 g/mol. The van der Waals surface area contributed by atoms with Crippen molar-refractivity contribution in [3.8, 4) is 0 Å². The van der Waals surface area contributed by atoms with E-state index in [9.17, 15) is 13.2 Å². The lowest BCUT2D eigenvalue weighted by Gasteiger charge is -2.19. The Morgan fingerprint density at radius 2 is 1.50 bits per heavy atom. The topological polar surface area (TPSA) is 75.3 Å². The summed E-state index contributed by atoms with van der Waals surface area (Å²) in [5, 5.41) is 3.01. The van der Waals surface area contributed by atoms with Crippen molar-refractivity contribution in [1.82, 2.24) is 5.32 Å². The van der Waals surface area contributed by atoms with Crippen LogP contribution in [0.3, 0.4) is 0 Å². The maximum atomic E-state index is 12.8. The summed E-state index contributed by atoms with van der Waals surface area (Å²) >= 11 is 0. The highest BCUT2D eigenvalue weighted by molar-refractivity contribution is 7.92. The van der Waals surface area contributed by atoms with Gasteiger partial charge in [-0.2, -0.15) is 0 Å². The minimum absolute atomic E-state index is 0.165. The Hall–Kier alpha value is -3.12. The summed E-state index contributed by atoms with van der Waals surface area (Å²) in [6, 6.07) is 18.6. The van der Waals surface area contributed by atoms with Crippen LogP contribution in [0.15, 0.2) is 71.6 Å². The van der Waals surface area contributed by atoms with Gasteiger partial charge in [0.2, 0.25) is 0 Å². The molecule has 0 aliphatic rings. The Morgan fingerprint density at radius 1 is 0.833 bits per heavy atom. The summed E-state index contributed by atoms with van der Waals surface area (Å²) in [5.41, 5.74) is 5.29. The summed E-state index contributed by atoms with van der Waals surface area (Å²) in [4.78, 5) is 13.0. The van der Waals surface area contributed by atoms with Crippen LogP contribution in [0.5, 0.6) is 0 Å². The number of anilines is 1. The second-order valence-corrected chi connectivity index (χ2v) is 9.17. The fraction of sp³-hybridized carbons (Fsp3) is 0.208. The smallest absolute Gasteiger partial charge is 0.261 e. The molecule has 0 unspecified atom stereocenters. The van der Waals surface area contributed by atoms with E-state index in [4.69, 9.17) is 0 Å². The van der Waals surface area contributed by atoms with E-state index in [0.29, 0.717) is 11.3 Å². The lowest BCUT2D eigenvalue weighted by molar-refractivity contribution is 0.0940. The Kier molecular flexibility index (Phi) is 6.27. The first kappa shape index (κ1) is 21.6. The second kappa shape index (κ2) is 8.71. The van der Waals surface area contributed by atoms with E-state index in [1.54, 1.807) is 36.4 Å². The zero-order valence-electron chi connectivity index (χ0n) is 17.6. The van der Waals surface area contributed by atoms with E-state index in [1.165, 1.54) is 29.3 Å². The average Bonchev–Trinajstić information content (AvgIpc) is 2.71. The molecule has 5 nitrogen and oxygen atoms in total. The predicted molar refractivity (Wildman–Crippen MR) is 120 cm³/mol. The van der Waals surface area contributed by atoms with Crippen molar-refractivity contribution in [2.75, 3.05) is 4.72 Å². The summed E-state index contributed by atoms with van der Waals surface area (Å²) in [5.74, 6) is -0.263. The van der Waals surface area contributed by atoms with Crippen molar-refractivity contribution in [2.45, 2.75) is 38.6 Å². The van der Waals surface area contributed by atoms with Crippen LogP contribution in [0.2, 0.25) is 0 Å². The number of carbonyl (C=O) groups excluding carboxylic acids is 1. The average molecular weight is 423 g/mol. The SMILES string of the molecule is Cc1cc(C)c([C@@H](C)NC(=O)c2cccc(NS(=O)(=O)c3ccccc3)c2)cc1C. The molecular weight excluding hydrogens is 396 g/mol. The van der Waals surface area contributed by atoms with Crippen molar-refractivity contribution < 1.29 is 13.2 Å². The number of hydrogen-bond acceptors (Lipinski definition) is 3. The van der Waals surface area contributed by atoms with Crippen LogP contribution in [0, 0.1) is 20.8 Å². The summed E-state index contributed by atoms with van der Waals surface area (Å²) in [6.07, 6.45) is 0. The number of sulfonamides is 1. The number of rotatable bonds is 6. The van der Waals surface area contributed by atoms with Gasteiger partial charge < -0.3 is 5.32 Å². The van der Waals surface area contributed by atoms with Gasteiger partial charge in [-0.25, -0.2) is 8.42 Å². The third-order valence-corrected chi connectivity index (χ3v) is 6.52. The highest BCUT2D eigenvalue weighted by atomic mass is 32.2. The van der Waals surface area contributed by atoms with Gasteiger partial charge in [0.25, 0.3) is 15.9 Å². The molecule has 0 heterocycles. The van der Waals surface area contributed by atoms with Gasteiger partial charge in [0.1, 0.15) is 0 Å². The zero-order chi connectivity index (χ0) is 21.9. The Balaban J connectivity index is 1.77. The van der Waals surface area contributed by atoms with Gasteiger partial charge in [0, 0.05) is 11.3 Å². The zero-order valence-corrected chi connectivity index (χ0v) is 18.4. The quantitative estimate of drug-likeness (QED) is 0.593. The molecule has 156 valence electrons. The molecule has 0 fully saturated rings. The van der Waals surface area contributed by atoms with Gasteiger partial charge in [0.05, 0.1) is 10.9 Å². The molecule has 3 rings (SSSR count). The highest BCUT2D eigenvalue weighted by Crippen LogP contribution is 2.23. The van der Waals surface area contributed by atoms with Gasteiger partial charge in [-0.05, 0) is 80.3 Å². The molecule has 0 radical (unpaired) electrons. The second-order valence-electron chi connectivity index (χ2n) is 7.49. The first-order valence-electron chi connectivity index (χ1n) is 9.74. The van der Waals surface area contributed by atoms with E-state index in [0.717, 1.165) is 11.1 Å². The molecule has 1 atom stereocenters. The highest BCUT2D eigenvalue weighted by Gasteiger charge is 2.17. The Morgan fingerprint density at radius 3 is 2.20 bits per heavy atom. The third-order valence-electron chi connectivity index (χ3n) is 5.13. The minimum Gasteiger partial charge on any atom is -0.346 e. The minimum atomic E-state index is -3.72. The number of aryl methyl sites for hydroxylation is 3. The first-order valence-corrected chi connectivity index (χ1v) is 11.2. The Labute approximate surface area is 178 Å². The Bertz CT molecular complexity index is 1170. The number of hydrogen-bond donors (Lipinski definition) is 2. The molecule has 30 heavy (non-hydrogen) atoms. The van der Waals surface area contributed by atoms with E-state index >= 15 is 0 Å². The molecule has 0 saturated heterocycles. The van der Waals surface area contributed by atoms with E-state index < -0.39 is 10.0 Å². The summed E-state index contributed by atoms with van der Waals surface area (Å²) in [7, 11) is -3.72. The van der Waals surface area contributed by atoms with Crippen molar-refractivity contribution in [2.24, 2.45) is 0 Å². The number of amides is 1. The van der Waals surface area contributed by atoms with Gasteiger partial charge in [-0.1, -0.05) is 36.4 Å². The van der Waals surface area contributed by atoms with Gasteiger partial charge >= 0.3 is 0 Å². The van der Waals surface area contributed by atoms with Crippen LogP contribution < -0.4 is 10.0 Å². The molecule has 6 heteroatoms. The maximum Gasteiger partial charge on any atom is 0.261 e. The molecule has 1 amide bonds. The molecule has 0 aromatic heterocycles. The molecule has 0 aliphatic carbocycles. The van der Waals surface area contributed by atoms with Crippen LogP contribution in [-0.2, 0) is 10.0 Å². The number of benzene rings is 3. The number of carbonyl (C=O) groups is 1. The van der Waals surface area contributed by atoms with Crippen molar-refractivity contribution >= 4 is 21.6 Å². The lowest BCUT2D eigenvalue weighted by Crippen LogP contribution is -2.27. The fourth-order valence-electron chi connectivity index (χ4n) is 3.34. The molecule has 0 saturated carbocycles. The fourth-order valence-corrected chi connectivity index (χ4v) is 4.42. The molecule has 0 aliphatic heterocycles. The van der Waals surface area contributed by atoms with Crippen LogP contribution >= 0.6 is 0 Å². The summed E-state index contributed by atoms with van der Waals surface area (Å²) in [6.45, 7) is 8.09. The van der Waals surface area contributed by atoms with Gasteiger partial charge in [-0.3, -0.25) is 9.52 Å². The van der Waals surface area contributed by atoms with E-state index in [-0.39, 0.29) is 16.8 Å². The first-order chi connectivity index (χ1) is 14.2. The normalized spacial score (nSPS) is 12.3. The third kappa shape index (κ3) is 4.89. The van der Waals surface area contributed by atoms with Crippen molar-refractivity contribution in [1.29, 1.82) is 0 Å².